The van der Waals surface area contributed by atoms with E-state index in [2.05, 4.69) is 10.6 Å². The van der Waals surface area contributed by atoms with Crippen molar-refractivity contribution < 1.29 is 14.7 Å². The van der Waals surface area contributed by atoms with Gasteiger partial charge in [0.05, 0.1) is 5.56 Å². The number of carbonyl (C=O) groups excluding carboxylic acids is 1. The number of carbonyl (C=O) groups is 2. The van der Waals surface area contributed by atoms with Crippen molar-refractivity contribution in [3.05, 3.63) is 29.8 Å². The molecule has 0 bridgehead atoms. The first-order chi connectivity index (χ1) is 9.45. The Morgan fingerprint density at radius 2 is 1.90 bits per heavy atom. The molecule has 1 aromatic rings. The number of rotatable bonds is 7. The minimum Gasteiger partial charge on any atom is -0.480 e. The average molecular weight is 278 g/mol. The second kappa shape index (κ2) is 7.53. The summed E-state index contributed by atoms with van der Waals surface area (Å²) in [5, 5.41) is 14.8. The predicted octanol–water partition coefficient (Wildman–Crippen LogP) is 2.35. The van der Waals surface area contributed by atoms with Crippen LogP contribution in [0.25, 0.3) is 0 Å². The molecule has 3 N–H and O–H groups in total. The Bertz CT molecular complexity index is 472. The topological polar surface area (TPSA) is 78.4 Å². The summed E-state index contributed by atoms with van der Waals surface area (Å²) < 4.78 is 0. The van der Waals surface area contributed by atoms with Crippen molar-refractivity contribution in [1.29, 1.82) is 0 Å². The average Bonchev–Trinajstić information content (AvgIpc) is 2.38. The Hall–Kier alpha value is -2.04. The van der Waals surface area contributed by atoms with Gasteiger partial charge in [0.15, 0.2) is 0 Å². The Morgan fingerprint density at radius 3 is 2.45 bits per heavy atom. The fourth-order valence-electron chi connectivity index (χ4n) is 1.95. The standard InChI is InChI=1S/C15H22N2O3/c1-4-16-12-8-6-5-7-11(12)14(18)17-13(15(19)20)9-10(2)3/h5-8,10,13,16H,4,9H2,1-3H3,(H,17,18)(H,19,20). The van der Waals surface area contributed by atoms with Gasteiger partial charge in [0.1, 0.15) is 6.04 Å². The normalized spacial score (nSPS) is 12.0. The number of benzene rings is 1. The van der Waals surface area contributed by atoms with Gasteiger partial charge < -0.3 is 15.7 Å². The summed E-state index contributed by atoms with van der Waals surface area (Å²) in [7, 11) is 0. The molecule has 110 valence electrons. The van der Waals surface area contributed by atoms with Crippen molar-refractivity contribution in [3.8, 4) is 0 Å². The first-order valence-electron chi connectivity index (χ1n) is 6.82. The SMILES string of the molecule is CCNc1ccccc1C(=O)NC(CC(C)C)C(=O)O. The molecule has 0 radical (unpaired) electrons. The zero-order valence-electron chi connectivity index (χ0n) is 12.1. The Kier molecular flexibility index (Phi) is 6.03. The number of hydrogen-bond donors (Lipinski definition) is 3. The zero-order chi connectivity index (χ0) is 15.1. The first kappa shape index (κ1) is 16.0. The monoisotopic (exact) mass is 278 g/mol. The van der Waals surface area contributed by atoms with Crippen molar-refractivity contribution in [1.82, 2.24) is 5.32 Å². The van der Waals surface area contributed by atoms with Crippen molar-refractivity contribution in [2.45, 2.75) is 33.2 Å². The molecule has 0 aromatic heterocycles. The van der Waals surface area contributed by atoms with Gasteiger partial charge in [-0.25, -0.2) is 4.79 Å². The number of carboxylic acid groups (broad SMARTS) is 1. The molecule has 1 atom stereocenters. The molecule has 0 saturated carbocycles. The van der Waals surface area contributed by atoms with Gasteiger partial charge in [0.2, 0.25) is 0 Å². The quantitative estimate of drug-likeness (QED) is 0.715. The molecule has 1 amide bonds. The number of anilines is 1. The van der Waals surface area contributed by atoms with Gasteiger partial charge in [-0.15, -0.1) is 0 Å². The van der Waals surface area contributed by atoms with Crippen molar-refractivity contribution in [2.24, 2.45) is 5.92 Å². The van der Waals surface area contributed by atoms with E-state index in [1.807, 2.05) is 26.8 Å². The molecular weight excluding hydrogens is 256 g/mol. The molecule has 0 spiro atoms. The summed E-state index contributed by atoms with van der Waals surface area (Å²) in [5.74, 6) is -1.18. The number of amides is 1. The highest BCUT2D eigenvalue weighted by atomic mass is 16.4. The van der Waals surface area contributed by atoms with E-state index in [4.69, 9.17) is 5.11 Å². The maximum absolute atomic E-state index is 12.2. The fourth-order valence-corrected chi connectivity index (χ4v) is 1.95. The maximum Gasteiger partial charge on any atom is 0.326 e. The molecule has 1 aromatic carbocycles. The molecule has 5 nitrogen and oxygen atoms in total. The van der Waals surface area contributed by atoms with E-state index in [-0.39, 0.29) is 11.8 Å². The van der Waals surface area contributed by atoms with Gasteiger partial charge in [-0.1, -0.05) is 26.0 Å². The lowest BCUT2D eigenvalue weighted by Gasteiger charge is -2.17. The molecule has 0 aliphatic carbocycles. The molecule has 0 saturated heterocycles. The molecule has 1 rings (SSSR count). The molecule has 0 aliphatic heterocycles. The minimum absolute atomic E-state index is 0.195. The molecule has 0 aliphatic rings. The largest absolute Gasteiger partial charge is 0.480 e. The lowest BCUT2D eigenvalue weighted by molar-refractivity contribution is -0.139. The van der Waals surface area contributed by atoms with E-state index < -0.39 is 12.0 Å². The molecule has 1 unspecified atom stereocenters. The summed E-state index contributed by atoms with van der Waals surface area (Å²) in [6.07, 6.45) is 0.407. The van der Waals surface area contributed by atoms with Crippen molar-refractivity contribution >= 4 is 17.6 Å². The van der Waals surface area contributed by atoms with Crippen LogP contribution in [-0.2, 0) is 4.79 Å². The number of aliphatic carboxylic acids is 1. The maximum atomic E-state index is 12.2. The van der Waals surface area contributed by atoms with Crippen molar-refractivity contribution in [3.63, 3.8) is 0 Å². The number of hydrogen-bond acceptors (Lipinski definition) is 3. The molecular formula is C15H22N2O3. The predicted molar refractivity (Wildman–Crippen MR) is 79.0 cm³/mol. The van der Waals surface area contributed by atoms with E-state index in [1.165, 1.54) is 0 Å². The third kappa shape index (κ3) is 4.57. The van der Waals surface area contributed by atoms with Crippen LogP contribution in [0, 0.1) is 5.92 Å². The summed E-state index contributed by atoms with van der Waals surface area (Å²) in [5.41, 5.74) is 1.17. The van der Waals surface area contributed by atoms with Crippen LogP contribution in [-0.4, -0.2) is 29.6 Å². The van der Waals surface area contributed by atoms with Gasteiger partial charge in [-0.05, 0) is 31.4 Å². The zero-order valence-corrected chi connectivity index (χ0v) is 12.1. The third-order valence-electron chi connectivity index (χ3n) is 2.85. The Balaban J connectivity index is 2.86. The van der Waals surface area contributed by atoms with Crippen LogP contribution in [0.5, 0.6) is 0 Å². The summed E-state index contributed by atoms with van der Waals surface area (Å²) >= 11 is 0. The summed E-state index contributed by atoms with van der Waals surface area (Å²) in [6.45, 7) is 6.48. The highest BCUT2D eigenvalue weighted by Crippen LogP contribution is 2.15. The van der Waals surface area contributed by atoms with Gasteiger partial charge in [0.25, 0.3) is 5.91 Å². The molecule has 5 heteroatoms. The van der Waals surface area contributed by atoms with Crippen LogP contribution >= 0.6 is 0 Å². The number of para-hydroxylation sites is 1. The fraction of sp³-hybridized carbons (Fsp3) is 0.467. The molecule has 0 fully saturated rings. The van der Waals surface area contributed by atoms with Crippen LogP contribution in [0.4, 0.5) is 5.69 Å². The smallest absolute Gasteiger partial charge is 0.326 e. The van der Waals surface area contributed by atoms with Gasteiger partial charge in [-0.3, -0.25) is 4.79 Å². The van der Waals surface area contributed by atoms with E-state index in [0.29, 0.717) is 24.2 Å². The van der Waals surface area contributed by atoms with Gasteiger partial charge >= 0.3 is 5.97 Å². The van der Waals surface area contributed by atoms with Gasteiger partial charge in [-0.2, -0.15) is 0 Å². The highest BCUT2D eigenvalue weighted by Gasteiger charge is 2.22. The van der Waals surface area contributed by atoms with Gasteiger partial charge in [0, 0.05) is 12.2 Å². The summed E-state index contributed by atoms with van der Waals surface area (Å²) in [6, 6.07) is 6.21. The second-order valence-electron chi connectivity index (χ2n) is 5.07. The van der Waals surface area contributed by atoms with Crippen molar-refractivity contribution in [2.75, 3.05) is 11.9 Å². The second-order valence-corrected chi connectivity index (χ2v) is 5.07. The number of nitrogens with one attached hydrogen (secondary N) is 2. The first-order valence-corrected chi connectivity index (χ1v) is 6.82. The van der Waals surface area contributed by atoms with Crippen LogP contribution in [0.1, 0.15) is 37.6 Å². The van der Waals surface area contributed by atoms with E-state index in [0.717, 1.165) is 0 Å². The van der Waals surface area contributed by atoms with E-state index in [9.17, 15) is 9.59 Å². The van der Waals surface area contributed by atoms with Crippen LogP contribution in [0.2, 0.25) is 0 Å². The highest BCUT2D eigenvalue weighted by molar-refractivity contribution is 6.01. The third-order valence-corrected chi connectivity index (χ3v) is 2.85. The van der Waals surface area contributed by atoms with Crippen LogP contribution in [0.15, 0.2) is 24.3 Å². The number of carboxylic acids is 1. The van der Waals surface area contributed by atoms with Crippen LogP contribution in [0.3, 0.4) is 0 Å². The molecule has 0 heterocycles. The minimum atomic E-state index is -1.01. The summed E-state index contributed by atoms with van der Waals surface area (Å²) in [4.78, 5) is 23.4. The van der Waals surface area contributed by atoms with E-state index in [1.54, 1.807) is 18.2 Å². The Labute approximate surface area is 119 Å². The Morgan fingerprint density at radius 1 is 1.25 bits per heavy atom. The van der Waals surface area contributed by atoms with Crippen LogP contribution < -0.4 is 10.6 Å². The van der Waals surface area contributed by atoms with E-state index >= 15 is 0 Å². The lowest BCUT2D eigenvalue weighted by atomic mass is 10.0. The lowest BCUT2D eigenvalue weighted by Crippen LogP contribution is -2.41. The molecule has 20 heavy (non-hydrogen) atoms.